The highest BCUT2D eigenvalue weighted by Crippen LogP contribution is 2.38. The fourth-order valence-electron chi connectivity index (χ4n) is 2.81. The summed E-state index contributed by atoms with van der Waals surface area (Å²) in [7, 11) is 1.37. The van der Waals surface area contributed by atoms with Crippen LogP contribution in [0.15, 0.2) is 42.5 Å². The van der Waals surface area contributed by atoms with Crippen LogP contribution in [0, 0.1) is 0 Å². The van der Waals surface area contributed by atoms with Crippen molar-refractivity contribution in [2.24, 2.45) is 0 Å². The topological polar surface area (TPSA) is 58.6 Å². The Labute approximate surface area is 123 Å². The van der Waals surface area contributed by atoms with Gasteiger partial charge in [0.05, 0.1) is 18.7 Å². The van der Waals surface area contributed by atoms with Crippen LogP contribution in [-0.4, -0.2) is 18.2 Å². The minimum absolute atomic E-state index is 0.191. The number of fused-ring (bicyclic) bond motifs is 1. The average Bonchev–Trinajstić information content (AvgIpc) is 2.92. The van der Waals surface area contributed by atoms with E-state index in [1.807, 2.05) is 24.3 Å². The van der Waals surface area contributed by atoms with Gasteiger partial charge in [0.1, 0.15) is 5.75 Å². The monoisotopic (exact) mass is 283 g/mol. The molecule has 0 radical (unpaired) electrons. The summed E-state index contributed by atoms with van der Waals surface area (Å²) in [6, 6.07) is 13.1. The summed E-state index contributed by atoms with van der Waals surface area (Å²) in [5.41, 5.74) is 3.66. The first kappa shape index (κ1) is 13.5. The van der Waals surface area contributed by atoms with Crippen LogP contribution in [0.2, 0.25) is 0 Å². The number of anilines is 1. The number of rotatable bonds is 3. The number of benzene rings is 2. The van der Waals surface area contributed by atoms with Crippen LogP contribution in [0.5, 0.6) is 5.75 Å². The number of phenols is 1. The molecule has 0 aliphatic heterocycles. The lowest BCUT2D eigenvalue weighted by atomic mass is 10.1. The van der Waals surface area contributed by atoms with Crippen molar-refractivity contribution < 1.29 is 14.6 Å². The highest BCUT2D eigenvalue weighted by Gasteiger charge is 2.24. The van der Waals surface area contributed by atoms with Crippen LogP contribution in [0.1, 0.15) is 33.9 Å². The molecule has 108 valence electrons. The lowest BCUT2D eigenvalue weighted by Crippen LogP contribution is -2.07. The molecule has 21 heavy (non-hydrogen) atoms. The van der Waals surface area contributed by atoms with Gasteiger partial charge in [-0.3, -0.25) is 0 Å². The third-order valence-corrected chi connectivity index (χ3v) is 3.89. The molecule has 0 heterocycles. The van der Waals surface area contributed by atoms with Crippen molar-refractivity contribution in [1.82, 2.24) is 0 Å². The summed E-state index contributed by atoms with van der Waals surface area (Å²) >= 11 is 0. The van der Waals surface area contributed by atoms with Crippen molar-refractivity contribution >= 4 is 11.7 Å². The van der Waals surface area contributed by atoms with E-state index in [0.29, 0.717) is 11.3 Å². The Hall–Kier alpha value is -2.49. The Balaban J connectivity index is 1.77. The molecule has 0 amide bonds. The van der Waals surface area contributed by atoms with Crippen LogP contribution in [0.25, 0.3) is 0 Å². The number of nitrogens with one attached hydrogen (secondary N) is 1. The van der Waals surface area contributed by atoms with Gasteiger partial charge in [-0.05, 0) is 54.3 Å². The molecule has 1 atom stereocenters. The predicted octanol–water partition coefficient (Wildman–Crippen LogP) is 3.28. The van der Waals surface area contributed by atoms with Crippen LogP contribution in [-0.2, 0) is 11.2 Å². The van der Waals surface area contributed by atoms with Crippen LogP contribution < -0.4 is 5.32 Å². The minimum Gasteiger partial charge on any atom is -0.508 e. The maximum absolute atomic E-state index is 11.4. The van der Waals surface area contributed by atoms with E-state index in [0.717, 1.165) is 29.7 Å². The number of carbonyl (C=O) groups excluding carboxylic acids is 1. The number of carbonyl (C=O) groups is 1. The summed E-state index contributed by atoms with van der Waals surface area (Å²) in [6.45, 7) is 0. The van der Waals surface area contributed by atoms with Crippen LogP contribution in [0.4, 0.5) is 5.69 Å². The molecule has 1 aliphatic carbocycles. The number of phenolic OH excluding ortho intramolecular Hbond substituents is 1. The highest BCUT2D eigenvalue weighted by molar-refractivity contribution is 5.89. The Morgan fingerprint density at radius 3 is 2.71 bits per heavy atom. The van der Waals surface area contributed by atoms with Crippen molar-refractivity contribution in [3.05, 3.63) is 59.2 Å². The molecule has 0 saturated carbocycles. The second-order valence-corrected chi connectivity index (χ2v) is 5.15. The zero-order valence-corrected chi connectivity index (χ0v) is 11.8. The number of hydrogen-bond donors (Lipinski definition) is 2. The van der Waals surface area contributed by atoms with Gasteiger partial charge in [0, 0.05) is 5.69 Å². The Morgan fingerprint density at radius 1 is 1.24 bits per heavy atom. The number of aromatic hydroxyl groups is 1. The van der Waals surface area contributed by atoms with Gasteiger partial charge in [-0.25, -0.2) is 4.79 Å². The Bertz CT molecular complexity index is 664. The van der Waals surface area contributed by atoms with Gasteiger partial charge >= 0.3 is 5.97 Å². The first-order chi connectivity index (χ1) is 10.2. The van der Waals surface area contributed by atoms with E-state index in [4.69, 9.17) is 0 Å². The standard InChI is InChI=1S/C17H17NO3/c1-21-17(20)11-5-7-12(8-6-11)18-15-10-9-14-13(15)3-2-4-16(14)19/h2-8,15,18-19H,9-10H2,1H3. The van der Waals surface area contributed by atoms with Crippen molar-refractivity contribution in [1.29, 1.82) is 0 Å². The van der Waals surface area contributed by atoms with Crippen molar-refractivity contribution in [2.75, 3.05) is 12.4 Å². The SMILES string of the molecule is COC(=O)c1ccc(NC2CCc3c(O)cccc32)cc1. The molecule has 3 rings (SSSR count). The second-order valence-electron chi connectivity index (χ2n) is 5.15. The lowest BCUT2D eigenvalue weighted by Gasteiger charge is -2.16. The van der Waals surface area contributed by atoms with Gasteiger partial charge in [0.15, 0.2) is 0 Å². The van der Waals surface area contributed by atoms with Crippen molar-refractivity contribution in [3.8, 4) is 5.75 Å². The third kappa shape index (κ3) is 2.57. The third-order valence-electron chi connectivity index (χ3n) is 3.89. The van der Waals surface area contributed by atoms with Gasteiger partial charge in [0.25, 0.3) is 0 Å². The fourth-order valence-corrected chi connectivity index (χ4v) is 2.81. The number of hydrogen-bond acceptors (Lipinski definition) is 4. The van der Waals surface area contributed by atoms with Gasteiger partial charge in [0.2, 0.25) is 0 Å². The molecular weight excluding hydrogens is 266 g/mol. The van der Waals surface area contributed by atoms with Gasteiger partial charge in [-0.15, -0.1) is 0 Å². The van der Waals surface area contributed by atoms with E-state index in [1.165, 1.54) is 7.11 Å². The molecule has 4 nitrogen and oxygen atoms in total. The van der Waals surface area contributed by atoms with E-state index >= 15 is 0 Å². The maximum Gasteiger partial charge on any atom is 0.337 e. The summed E-state index contributed by atoms with van der Waals surface area (Å²) < 4.78 is 4.68. The molecule has 1 unspecified atom stereocenters. The molecule has 0 saturated heterocycles. The molecule has 0 bridgehead atoms. The number of methoxy groups -OCH3 is 1. The Kier molecular flexibility index (Phi) is 3.52. The van der Waals surface area contributed by atoms with E-state index in [1.54, 1.807) is 18.2 Å². The lowest BCUT2D eigenvalue weighted by molar-refractivity contribution is 0.0601. The number of ether oxygens (including phenoxy) is 1. The predicted molar refractivity (Wildman–Crippen MR) is 80.6 cm³/mol. The quantitative estimate of drug-likeness (QED) is 0.849. The number of esters is 1. The van der Waals surface area contributed by atoms with Gasteiger partial charge in [-0.2, -0.15) is 0 Å². The minimum atomic E-state index is -0.335. The van der Waals surface area contributed by atoms with E-state index in [9.17, 15) is 9.90 Å². The molecule has 0 fully saturated rings. The van der Waals surface area contributed by atoms with E-state index in [-0.39, 0.29) is 12.0 Å². The van der Waals surface area contributed by atoms with Crippen molar-refractivity contribution in [3.63, 3.8) is 0 Å². The summed E-state index contributed by atoms with van der Waals surface area (Å²) in [4.78, 5) is 11.4. The molecule has 4 heteroatoms. The van der Waals surface area contributed by atoms with E-state index < -0.39 is 0 Å². The van der Waals surface area contributed by atoms with E-state index in [2.05, 4.69) is 10.1 Å². The molecule has 0 spiro atoms. The zero-order valence-electron chi connectivity index (χ0n) is 11.8. The molecule has 2 aromatic carbocycles. The molecule has 1 aliphatic rings. The van der Waals surface area contributed by atoms with Gasteiger partial charge in [-0.1, -0.05) is 12.1 Å². The summed E-state index contributed by atoms with van der Waals surface area (Å²) in [6.07, 6.45) is 1.82. The molecular formula is C17H17NO3. The molecule has 2 N–H and O–H groups in total. The first-order valence-electron chi connectivity index (χ1n) is 6.94. The molecule has 2 aromatic rings. The Morgan fingerprint density at radius 2 is 2.00 bits per heavy atom. The summed E-state index contributed by atoms with van der Waals surface area (Å²) in [5, 5.41) is 13.3. The fraction of sp³-hybridized carbons (Fsp3) is 0.235. The second kappa shape index (κ2) is 5.48. The first-order valence-corrected chi connectivity index (χ1v) is 6.94. The zero-order chi connectivity index (χ0) is 14.8. The smallest absolute Gasteiger partial charge is 0.337 e. The van der Waals surface area contributed by atoms with Crippen molar-refractivity contribution in [2.45, 2.75) is 18.9 Å². The van der Waals surface area contributed by atoms with Crippen LogP contribution >= 0.6 is 0 Å². The maximum atomic E-state index is 11.4. The summed E-state index contributed by atoms with van der Waals surface area (Å²) in [5.74, 6) is 0.0375. The van der Waals surface area contributed by atoms with Crippen LogP contribution in [0.3, 0.4) is 0 Å². The molecule has 0 aromatic heterocycles. The normalized spacial score (nSPS) is 16.3. The highest BCUT2D eigenvalue weighted by atomic mass is 16.5. The average molecular weight is 283 g/mol. The van der Waals surface area contributed by atoms with Gasteiger partial charge < -0.3 is 15.2 Å². The largest absolute Gasteiger partial charge is 0.508 e.